The largest absolute Gasteiger partial charge is 0.481 e. The Morgan fingerprint density at radius 2 is 1.95 bits per heavy atom. The van der Waals surface area contributed by atoms with Crippen LogP contribution < -0.4 is 0 Å². The number of hydrogen-bond donors (Lipinski definition) is 2. The first-order chi connectivity index (χ1) is 8.89. The van der Waals surface area contributed by atoms with Crippen LogP contribution in [-0.4, -0.2) is 35.0 Å². The van der Waals surface area contributed by atoms with Crippen LogP contribution in [0.3, 0.4) is 0 Å². The lowest BCUT2D eigenvalue weighted by Crippen LogP contribution is -2.39. The number of carbonyl (C=O) groups is 1. The number of carboxylic acid groups (broad SMARTS) is 1. The first-order valence-electron chi connectivity index (χ1n) is 7.42. The SMILES string of the molecule is CCC1CCC(CC(O)COC(C)C)(C(=O)O)CC1. The Morgan fingerprint density at radius 3 is 2.37 bits per heavy atom. The lowest BCUT2D eigenvalue weighted by atomic mass is 9.67. The summed E-state index contributed by atoms with van der Waals surface area (Å²) in [6.07, 6.45) is 4.09. The Bertz CT molecular complexity index is 280. The van der Waals surface area contributed by atoms with Crippen molar-refractivity contribution in [2.45, 2.75) is 71.5 Å². The van der Waals surface area contributed by atoms with Gasteiger partial charge in [-0.05, 0) is 51.9 Å². The summed E-state index contributed by atoms with van der Waals surface area (Å²) in [7, 11) is 0. The molecule has 4 nitrogen and oxygen atoms in total. The zero-order valence-corrected chi connectivity index (χ0v) is 12.4. The summed E-state index contributed by atoms with van der Waals surface area (Å²) in [6.45, 7) is 6.20. The van der Waals surface area contributed by atoms with E-state index in [0.717, 1.165) is 19.3 Å². The third-order valence-electron chi connectivity index (χ3n) is 4.34. The molecule has 1 saturated carbocycles. The molecule has 0 heterocycles. The summed E-state index contributed by atoms with van der Waals surface area (Å²) in [5.41, 5.74) is -0.745. The van der Waals surface area contributed by atoms with E-state index in [1.807, 2.05) is 13.8 Å². The molecule has 0 spiro atoms. The van der Waals surface area contributed by atoms with Gasteiger partial charge in [0.15, 0.2) is 0 Å². The Balaban J connectivity index is 2.56. The van der Waals surface area contributed by atoms with Crippen molar-refractivity contribution in [3.05, 3.63) is 0 Å². The van der Waals surface area contributed by atoms with Gasteiger partial charge in [0.25, 0.3) is 0 Å². The van der Waals surface area contributed by atoms with Crippen LogP contribution in [0.25, 0.3) is 0 Å². The summed E-state index contributed by atoms with van der Waals surface area (Å²) in [6, 6.07) is 0. The molecule has 2 N–H and O–H groups in total. The molecule has 1 fully saturated rings. The number of hydrogen-bond acceptors (Lipinski definition) is 3. The van der Waals surface area contributed by atoms with Crippen LogP contribution in [0.4, 0.5) is 0 Å². The highest BCUT2D eigenvalue weighted by Crippen LogP contribution is 2.43. The molecular formula is C15H28O4. The molecule has 1 aliphatic rings. The number of aliphatic hydroxyl groups is 1. The molecule has 4 heteroatoms. The standard InChI is InChI=1S/C15H28O4/c1-4-12-5-7-15(8-6-12,14(17)18)9-13(16)10-19-11(2)3/h11-13,16H,4-10H2,1-3H3,(H,17,18). The van der Waals surface area contributed by atoms with E-state index in [1.165, 1.54) is 0 Å². The van der Waals surface area contributed by atoms with E-state index in [-0.39, 0.29) is 12.7 Å². The van der Waals surface area contributed by atoms with E-state index in [4.69, 9.17) is 4.74 Å². The maximum absolute atomic E-state index is 11.6. The van der Waals surface area contributed by atoms with E-state index < -0.39 is 17.5 Å². The number of ether oxygens (including phenoxy) is 1. The maximum Gasteiger partial charge on any atom is 0.309 e. The first-order valence-corrected chi connectivity index (χ1v) is 7.42. The fraction of sp³-hybridized carbons (Fsp3) is 0.933. The van der Waals surface area contributed by atoms with Gasteiger partial charge in [-0.15, -0.1) is 0 Å². The van der Waals surface area contributed by atoms with Crippen molar-refractivity contribution in [2.75, 3.05) is 6.61 Å². The normalized spacial score (nSPS) is 29.4. The second kappa shape index (κ2) is 7.25. The lowest BCUT2D eigenvalue weighted by molar-refractivity contribution is -0.155. The topological polar surface area (TPSA) is 66.8 Å². The minimum atomic E-state index is -0.759. The van der Waals surface area contributed by atoms with Crippen molar-refractivity contribution in [1.29, 1.82) is 0 Å². The van der Waals surface area contributed by atoms with E-state index in [2.05, 4.69) is 6.92 Å². The Kier molecular flexibility index (Phi) is 6.27. The third kappa shape index (κ3) is 4.77. The predicted molar refractivity (Wildman–Crippen MR) is 74.0 cm³/mol. The van der Waals surface area contributed by atoms with Crippen molar-refractivity contribution in [3.8, 4) is 0 Å². The summed E-state index contributed by atoms with van der Waals surface area (Å²) >= 11 is 0. The number of rotatable bonds is 7. The monoisotopic (exact) mass is 272 g/mol. The summed E-state index contributed by atoms with van der Waals surface area (Å²) in [5.74, 6) is -0.109. The zero-order chi connectivity index (χ0) is 14.5. The van der Waals surface area contributed by atoms with Gasteiger partial charge in [0.05, 0.1) is 24.2 Å². The summed E-state index contributed by atoms with van der Waals surface area (Å²) in [4.78, 5) is 11.6. The lowest BCUT2D eigenvalue weighted by Gasteiger charge is -2.38. The van der Waals surface area contributed by atoms with Crippen LogP contribution in [-0.2, 0) is 9.53 Å². The molecule has 0 radical (unpaired) electrons. The van der Waals surface area contributed by atoms with Crippen molar-refractivity contribution < 1.29 is 19.7 Å². The van der Waals surface area contributed by atoms with Crippen LogP contribution in [0.1, 0.15) is 59.3 Å². The van der Waals surface area contributed by atoms with Gasteiger partial charge in [-0.3, -0.25) is 4.79 Å². The van der Waals surface area contributed by atoms with Crippen LogP contribution in [0.15, 0.2) is 0 Å². The van der Waals surface area contributed by atoms with E-state index in [1.54, 1.807) is 0 Å². The summed E-state index contributed by atoms with van der Waals surface area (Å²) < 4.78 is 5.37. The smallest absolute Gasteiger partial charge is 0.309 e. The second-order valence-corrected chi connectivity index (χ2v) is 6.18. The molecule has 19 heavy (non-hydrogen) atoms. The van der Waals surface area contributed by atoms with Gasteiger partial charge in [-0.1, -0.05) is 13.3 Å². The molecule has 1 atom stereocenters. The molecule has 0 aromatic carbocycles. The molecule has 112 valence electrons. The number of aliphatic hydroxyl groups excluding tert-OH is 1. The second-order valence-electron chi connectivity index (χ2n) is 6.18. The van der Waals surface area contributed by atoms with E-state index in [0.29, 0.717) is 25.2 Å². The average Bonchev–Trinajstić information content (AvgIpc) is 2.37. The Hall–Kier alpha value is -0.610. The van der Waals surface area contributed by atoms with Gasteiger partial charge in [0, 0.05) is 0 Å². The molecule has 1 aliphatic carbocycles. The van der Waals surface area contributed by atoms with Gasteiger partial charge >= 0.3 is 5.97 Å². The van der Waals surface area contributed by atoms with Crippen LogP contribution in [0, 0.1) is 11.3 Å². The van der Waals surface area contributed by atoms with Crippen molar-refractivity contribution >= 4 is 5.97 Å². The minimum absolute atomic E-state index is 0.0613. The van der Waals surface area contributed by atoms with Gasteiger partial charge in [-0.25, -0.2) is 0 Å². The zero-order valence-electron chi connectivity index (χ0n) is 12.4. The molecule has 0 aliphatic heterocycles. The van der Waals surface area contributed by atoms with Crippen LogP contribution >= 0.6 is 0 Å². The average molecular weight is 272 g/mol. The van der Waals surface area contributed by atoms with Crippen molar-refractivity contribution in [3.63, 3.8) is 0 Å². The fourth-order valence-electron chi connectivity index (χ4n) is 2.96. The van der Waals surface area contributed by atoms with Crippen LogP contribution in [0.2, 0.25) is 0 Å². The van der Waals surface area contributed by atoms with E-state index >= 15 is 0 Å². The highest BCUT2D eigenvalue weighted by Gasteiger charge is 2.42. The van der Waals surface area contributed by atoms with Crippen molar-refractivity contribution in [1.82, 2.24) is 0 Å². The third-order valence-corrected chi connectivity index (χ3v) is 4.34. The quantitative estimate of drug-likeness (QED) is 0.748. The highest BCUT2D eigenvalue weighted by molar-refractivity contribution is 5.74. The predicted octanol–water partition coefficient (Wildman–Crippen LogP) is 2.83. The molecular weight excluding hydrogens is 244 g/mol. The molecule has 0 aromatic rings. The van der Waals surface area contributed by atoms with E-state index in [9.17, 15) is 15.0 Å². The molecule has 0 aromatic heterocycles. The highest BCUT2D eigenvalue weighted by atomic mass is 16.5. The molecule has 0 bridgehead atoms. The van der Waals surface area contributed by atoms with Gasteiger partial charge in [-0.2, -0.15) is 0 Å². The fourth-order valence-corrected chi connectivity index (χ4v) is 2.96. The maximum atomic E-state index is 11.6. The number of carboxylic acids is 1. The number of aliphatic carboxylic acids is 1. The molecule has 0 amide bonds. The minimum Gasteiger partial charge on any atom is -0.481 e. The first kappa shape index (κ1) is 16.4. The van der Waals surface area contributed by atoms with Gasteiger partial charge < -0.3 is 14.9 Å². The Labute approximate surface area is 116 Å². The van der Waals surface area contributed by atoms with Crippen molar-refractivity contribution in [2.24, 2.45) is 11.3 Å². The molecule has 1 rings (SSSR count). The molecule has 1 unspecified atom stereocenters. The van der Waals surface area contributed by atoms with Gasteiger partial charge in [0.1, 0.15) is 0 Å². The summed E-state index contributed by atoms with van der Waals surface area (Å²) in [5, 5.41) is 19.5. The Morgan fingerprint density at radius 1 is 1.37 bits per heavy atom. The van der Waals surface area contributed by atoms with Gasteiger partial charge in [0.2, 0.25) is 0 Å². The van der Waals surface area contributed by atoms with Crippen LogP contribution in [0.5, 0.6) is 0 Å². The molecule has 0 saturated heterocycles.